The lowest BCUT2D eigenvalue weighted by Gasteiger charge is -2.76. The van der Waals surface area contributed by atoms with Gasteiger partial charge in [0.1, 0.15) is 0 Å². The second-order valence-corrected chi connectivity index (χ2v) is 9.49. The summed E-state index contributed by atoms with van der Waals surface area (Å²) in [5.41, 5.74) is 1.52. The number of nitrogens with zero attached hydrogens (tertiary/aromatic N) is 2. The van der Waals surface area contributed by atoms with Gasteiger partial charge < -0.3 is 4.74 Å². The molecule has 2 unspecified atom stereocenters. The number of hydrogen-bond donors (Lipinski definition) is 0. The van der Waals surface area contributed by atoms with Crippen LogP contribution in [0.3, 0.4) is 0 Å². The average Bonchev–Trinajstić information content (AvgIpc) is 2.32. The van der Waals surface area contributed by atoms with Gasteiger partial charge in [-0.1, -0.05) is 34.6 Å². The molecule has 4 fully saturated rings. The Bertz CT molecular complexity index is 445. The molecule has 0 radical (unpaired) electrons. The maximum absolute atomic E-state index is 5.90. The lowest BCUT2D eigenvalue weighted by Crippen LogP contribution is -2.85. The molecule has 0 spiro atoms. The highest BCUT2D eigenvalue weighted by molar-refractivity contribution is 5.24. The van der Waals surface area contributed by atoms with Gasteiger partial charge in [-0.3, -0.25) is 9.80 Å². The van der Waals surface area contributed by atoms with Crippen LogP contribution in [0.2, 0.25) is 0 Å². The van der Waals surface area contributed by atoms with Crippen molar-refractivity contribution in [3.05, 3.63) is 0 Å². The van der Waals surface area contributed by atoms with Crippen molar-refractivity contribution in [1.29, 1.82) is 0 Å². The summed E-state index contributed by atoms with van der Waals surface area (Å²) >= 11 is 0. The average molecular weight is 292 g/mol. The maximum Gasteiger partial charge on any atom is 0.0656 e. The van der Waals surface area contributed by atoms with Gasteiger partial charge in [-0.15, -0.1) is 0 Å². The second kappa shape index (κ2) is 4.04. The van der Waals surface area contributed by atoms with E-state index in [4.69, 9.17) is 4.74 Å². The van der Waals surface area contributed by atoms with Gasteiger partial charge in [0.2, 0.25) is 0 Å². The zero-order valence-corrected chi connectivity index (χ0v) is 14.5. The molecule has 4 heterocycles. The number of morpholine rings is 1. The molecule has 4 saturated heterocycles. The lowest BCUT2D eigenvalue weighted by molar-refractivity contribution is -0.275. The molecule has 120 valence electrons. The summed E-state index contributed by atoms with van der Waals surface area (Å²) in [6, 6.07) is 0.740. The van der Waals surface area contributed by atoms with Crippen molar-refractivity contribution < 1.29 is 4.74 Å². The minimum Gasteiger partial charge on any atom is -0.378 e. The van der Waals surface area contributed by atoms with Crippen LogP contribution in [-0.4, -0.2) is 59.8 Å². The van der Waals surface area contributed by atoms with E-state index in [9.17, 15) is 0 Å². The molecule has 0 amide bonds. The number of fused-ring (bicyclic) bond motifs is 2. The Labute approximate surface area is 130 Å². The first kappa shape index (κ1) is 14.5. The zero-order valence-electron chi connectivity index (χ0n) is 14.5. The van der Waals surface area contributed by atoms with E-state index in [0.717, 1.165) is 25.8 Å². The standard InChI is InChI=1S/C18H32N2O/c1-15(2,3)18-12-14(20(18)10-11-21-13-18)16(4,5)17-6-8-19(17)9-7-17/h14H,6-13H2,1-5H3. The van der Waals surface area contributed by atoms with Crippen molar-refractivity contribution in [2.24, 2.45) is 10.8 Å². The fourth-order valence-corrected chi connectivity index (χ4v) is 5.93. The van der Waals surface area contributed by atoms with Gasteiger partial charge in [-0.05, 0) is 30.1 Å². The van der Waals surface area contributed by atoms with Crippen LogP contribution in [0.15, 0.2) is 0 Å². The second-order valence-electron chi connectivity index (χ2n) is 9.49. The molecule has 3 heteroatoms. The predicted octanol–water partition coefficient (Wildman–Crippen LogP) is 2.75. The van der Waals surface area contributed by atoms with Crippen LogP contribution >= 0.6 is 0 Å². The summed E-state index contributed by atoms with van der Waals surface area (Å²) in [5, 5.41) is 0. The molecule has 4 rings (SSSR count). The summed E-state index contributed by atoms with van der Waals surface area (Å²) in [5.74, 6) is 0. The molecule has 0 saturated carbocycles. The Morgan fingerprint density at radius 3 is 2.10 bits per heavy atom. The first-order valence-corrected chi connectivity index (χ1v) is 8.84. The number of piperidine rings is 1. The van der Waals surface area contributed by atoms with Crippen LogP contribution in [0.4, 0.5) is 0 Å². The molecule has 0 bridgehead atoms. The van der Waals surface area contributed by atoms with E-state index in [2.05, 4.69) is 44.4 Å². The van der Waals surface area contributed by atoms with Crippen LogP contribution < -0.4 is 0 Å². The number of hydrogen-bond acceptors (Lipinski definition) is 3. The molecule has 0 aromatic heterocycles. The predicted molar refractivity (Wildman–Crippen MR) is 85.4 cm³/mol. The van der Waals surface area contributed by atoms with E-state index >= 15 is 0 Å². The van der Waals surface area contributed by atoms with Gasteiger partial charge >= 0.3 is 0 Å². The van der Waals surface area contributed by atoms with Crippen molar-refractivity contribution in [3.63, 3.8) is 0 Å². The minimum atomic E-state index is 0.280. The number of ether oxygens (including phenoxy) is 1. The molecular formula is C18H32N2O. The Morgan fingerprint density at radius 1 is 0.952 bits per heavy atom. The Hall–Kier alpha value is -0.120. The lowest BCUT2D eigenvalue weighted by atomic mass is 9.49. The quantitative estimate of drug-likeness (QED) is 0.778. The van der Waals surface area contributed by atoms with Crippen molar-refractivity contribution in [3.8, 4) is 0 Å². The topological polar surface area (TPSA) is 15.7 Å². The largest absolute Gasteiger partial charge is 0.378 e. The van der Waals surface area contributed by atoms with Crippen LogP contribution in [0.5, 0.6) is 0 Å². The summed E-state index contributed by atoms with van der Waals surface area (Å²) in [7, 11) is 0. The molecule has 0 N–H and O–H groups in total. The van der Waals surface area contributed by atoms with Crippen molar-refractivity contribution in [1.82, 2.24) is 9.80 Å². The van der Waals surface area contributed by atoms with Gasteiger partial charge in [0, 0.05) is 31.2 Å². The summed E-state index contributed by atoms with van der Waals surface area (Å²) in [6.45, 7) is 17.9. The third-order valence-corrected chi connectivity index (χ3v) is 7.90. The normalized spacial score (nSPS) is 39.6. The van der Waals surface area contributed by atoms with Gasteiger partial charge in [0.05, 0.1) is 18.8 Å². The van der Waals surface area contributed by atoms with E-state index < -0.39 is 0 Å². The van der Waals surface area contributed by atoms with Gasteiger partial charge in [0.15, 0.2) is 0 Å². The van der Waals surface area contributed by atoms with Crippen LogP contribution in [0.25, 0.3) is 0 Å². The molecule has 3 nitrogen and oxygen atoms in total. The molecule has 4 aliphatic rings. The van der Waals surface area contributed by atoms with Gasteiger partial charge in [0.25, 0.3) is 0 Å². The van der Waals surface area contributed by atoms with Crippen LogP contribution in [-0.2, 0) is 4.74 Å². The van der Waals surface area contributed by atoms with Crippen molar-refractivity contribution in [2.45, 2.75) is 71.0 Å². The van der Waals surface area contributed by atoms with E-state index in [-0.39, 0.29) is 5.54 Å². The van der Waals surface area contributed by atoms with Crippen LogP contribution in [0.1, 0.15) is 53.9 Å². The minimum absolute atomic E-state index is 0.280. The Morgan fingerprint density at radius 2 is 1.62 bits per heavy atom. The highest BCUT2D eigenvalue weighted by Gasteiger charge is 2.69. The molecule has 4 aliphatic heterocycles. The SMILES string of the molecule is CC(C)(C)C12COCCN1C(C(C)(C)C13CCN1CC3)C2. The molecule has 0 aliphatic carbocycles. The maximum atomic E-state index is 5.90. The molecular weight excluding hydrogens is 260 g/mol. The van der Waals surface area contributed by atoms with Gasteiger partial charge in [-0.25, -0.2) is 0 Å². The number of rotatable bonds is 2. The summed E-state index contributed by atoms with van der Waals surface area (Å²) in [4.78, 5) is 5.57. The van der Waals surface area contributed by atoms with Crippen molar-refractivity contribution >= 4 is 0 Å². The third-order valence-electron chi connectivity index (χ3n) is 7.90. The van der Waals surface area contributed by atoms with E-state index in [1.807, 2.05) is 0 Å². The smallest absolute Gasteiger partial charge is 0.0656 e. The Kier molecular flexibility index (Phi) is 2.78. The summed E-state index contributed by atoms with van der Waals surface area (Å²) in [6.07, 6.45) is 4.16. The first-order valence-electron chi connectivity index (χ1n) is 8.84. The fraction of sp³-hybridized carbons (Fsp3) is 1.00. The molecule has 21 heavy (non-hydrogen) atoms. The van der Waals surface area contributed by atoms with E-state index in [1.165, 1.54) is 32.4 Å². The van der Waals surface area contributed by atoms with Crippen molar-refractivity contribution in [2.75, 3.05) is 32.8 Å². The monoisotopic (exact) mass is 292 g/mol. The van der Waals surface area contributed by atoms with E-state index in [1.54, 1.807) is 0 Å². The third kappa shape index (κ3) is 1.51. The van der Waals surface area contributed by atoms with Crippen LogP contribution in [0, 0.1) is 10.8 Å². The zero-order chi connectivity index (χ0) is 15.1. The van der Waals surface area contributed by atoms with Gasteiger partial charge in [-0.2, -0.15) is 0 Å². The molecule has 0 aromatic carbocycles. The Balaban J connectivity index is 1.61. The fourth-order valence-electron chi connectivity index (χ4n) is 5.93. The van der Waals surface area contributed by atoms with E-state index in [0.29, 0.717) is 16.4 Å². The summed E-state index contributed by atoms with van der Waals surface area (Å²) < 4.78 is 5.90. The highest BCUT2D eigenvalue weighted by atomic mass is 16.5. The highest BCUT2D eigenvalue weighted by Crippen LogP contribution is 2.62. The molecule has 0 aromatic rings. The molecule has 2 atom stereocenters. The first-order chi connectivity index (χ1) is 9.75.